The number of aryl methyl sites for hydroxylation is 1. The fourth-order valence-corrected chi connectivity index (χ4v) is 5.67. The van der Waals surface area contributed by atoms with Crippen LogP contribution in [0.4, 0.5) is 0 Å². The average Bonchev–Trinajstić information content (AvgIpc) is 3.63. The maximum Gasteiger partial charge on any atom is 0.147 e. The standard InChI is InChI=1S/C33H22N2O2/c1-2-30-34-26-11-5-6-12-27(26)35(30)21-17-15-20(16-18-21)24-19-25-22-9-3-7-13-28(22)36-33(25)31-23-10-4-8-14-29(23)37-32(24)31/h3-19H,2H2,1H3. The molecule has 0 atom stereocenters. The topological polar surface area (TPSA) is 44.1 Å². The van der Waals surface area contributed by atoms with Gasteiger partial charge in [-0.25, -0.2) is 4.98 Å². The molecule has 0 saturated heterocycles. The summed E-state index contributed by atoms with van der Waals surface area (Å²) >= 11 is 0. The Labute approximate surface area is 212 Å². The molecule has 0 bridgehead atoms. The van der Waals surface area contributed by atoms with Gasteiger partial charge in [0.25, 0.3) is 0 Å². The predicted molar refractivity (Wildman–Crippen MR) is 150 cm³/mol. The second kappa shape index (κ2) is 7.58. The number of benzene rings is 5. The van der Waals surface area contributed by atoms with Gasteiger partial charge in [-0.05, 0) is 48.0 Å². The minimum atomic E-state index is 0.850. The summed E-state index contributed by atoms with van der Waals surface area (Å²) in [6.45, 7) is 2.15. The van der Waals surface area contributed by atoms with Gasteiger partial charge < -0.3 is 8.83 Å². The number of furan rings is 2. The largest absolute Gasteiger partial charge is 0.455 e. The van der Waals surface area contributed by atoms with E-state index in [-0.39, 0.29) is 0 Å². The summed E-state index contributed by atoms with van der Waals surface area (Å²) in [6.07, 6.45) is 0.861. The van der Waals surface area contributed by atoms with E-state index in [9.17, 15) is 0 Å². The van der Waals surface area contributed by atoms with Gasteiger partial charge in [-0.2, -0.15) is 0 Å². The van der Waals surface area contributed by atoms with Crippen LogP contribution in [0.3, 0.4) is 0 Å². The molecule has 0 fully saturated rings. The minimum absolute atomic E-state index is 0.850. The van der Waals surface area contributed by atoms with Crippen molar-refractivity contribution in [1.29, 1.82) is 0 Å². The number of fused-ring (bicyclic) bond motifs is 8. The Morgan fingerprint density at radius 2 is 1.35 bits per heavy atom. The van der Waals surface area contributed by atoms with Gasteiger partial charge >= 0.3 is 0 Å². The minimum Gasteiger partial charge on any atom is -0.455 e. The molecule has 5 aromatic carbocycles. The van der Waals surface area contributed by atoms with E-state index in [0.717, 1.165) is 84.0 Å². The first-order valence-corrected chi connectivity index (χ1v) is 12.6. The molecular weight excluding hydrogens is 456 g/mol. The molecule has 0 saturated carbocycles. The number of aromatic nitrogens is 2. The lowest BCUT2D eigenvalue weighted by Crippen LogP contribution is -1.99. The number of hydrogen-bond acceptors (Lipinski definition) is 3. The molecule has 176 valence electrons. The second-order valence-corrected chi connectivity index (χ2v) is 9.45. The van der Waals surface area contributed by atoms with Crippen molar-refractivity contribution in [2.24, 2.45) is 0 Å². The number of nitrogens with zero attached hydrogens (tertiary/aromatic N) is 2. The summed E-state index contributed by atoms with van der Waals surface area (Å²) in [5.74, 6) is 1.06. The lowest BCUT2D eigenvalue weighted by molar-refractivity contribution is 0.663. The third-order valence-corrected chi connectivity index (χ3v) is 7.37. The Bertz CT molecular complexity index is 2120. The van der Waals surface area contributed by atoms with Crippen molar-refractivity contribution >= 4 is 54.9 Å². The summed E-state index contributed by atoms with van der Waals surface area (Å²) in [6, 6.07) is 35.6. The molecule has 0 radical (unpaired) electrons. The lowest BCUT2D eigenvalue weighted by atomic mass is 9.98. The molecular formula is C33H22N2O2. The normalized spacial score (nSPS) is 12.0. The second-order valence-electron chi connectivity index (χ2n) is 9.45. The van der Waals surface area contributed by atoms with Crippen LogP contribution in [-0.2, 0) is 6.42 Å². The van der Waals surface area contributed by atoms with Gasteiger partial charge in [0.1, 0.15) is 28.2 Å². The highest BCUT2D eigenvalue weighted by Gasteiger charge is 2.20. The monoisotopic (exact) mass is 478 g/mol. The maximum absolute atomic E-state index is 6.46. The summed E-state index contributed by atoms with van der Waals surface area (Å²) in [4.78, 5) is 4.85. The average molecular weight is 479 g/mol. The third-order valence-electron chi connectivity index (χ3n) is 7.37. The zero-order chi connectivity index (χ0) is 24.5. The first-order chi connectivity index (χ1) is 18.3. The van der Waals surface area contributed by atoms with Crippen molar-refractivity contribution in [2.45, 2.75) is 13.3 Å². The fraction of sp³-hybridized carbons (Fsp3) is 0.0606. The van der Waals surface area contributed by atoms with E-state index < -0.39 is 0 Å². The van der Waals surface area contributed by atoms with Gasteiger partial charge in [-0.1, -0.05) is 67.6 Å². The molecule has 3 heterocycles. The zero-order valence-electron chi connectivity index (χ0n) is 20.2. The lowest BCUT2D eigenvalue weighted by Gasteiger charge is -2.10. The Morgan fingerprint density at radius 1 is 0.676 bits per heavy atom. The molecule has 8 aromatic rings. The highest BCUT2D eigenvalue weighted by Crippen LogP contribution is 2.44. The van der Waals surface area contributed by atoms with Gasteiger partial charge in [-0.15, -0.1) is 0 Å². The van der Waals surface area contributed by atoms with E-state index in [0.29, 0.717) is 0 Å². The molecule has 8 rings (SSSR count). The van der Waals surface area contributed by atoms with Gasteiger partial charge in [-0.3, -0.25) is 4.57 Å². The molecule has 0 unspecified atom stereocenters. The van der Waals surface area contributed by atoms with Crippen molar-refractivity contribution in [2.75, 3.05) is 0 Å². The van der Waals surface area contributed by atoms with Crippen LogP contribution in [0.15, 0.2) is 112 Å². The molecule has 3 aromatic heterocycles. The summed E-state index contributed by atoms with van der Waals surface area (Å²) in [7, 11) is 0. The van der Waals surface area contributed by atoms with Crippen LogP contribution in [0.1, 0.15) is 12.7 Å². The zero-order valence-corrected chi connectivity index (χ0v) is 20.2. The molecule has 0 N–H and O–H groups in total. The summed E-state index contributed by atoms with van der Waals surface area (Å²) < 4.78 is 15.1. The molecule has 4 nitrogen and oxygen atoms in total. The van der Waals surface area contributed by atoms with Crippen LogP contribution in [0.25, 0.3) is 71.7 Å². The number of rotatable bonds is 3. The van der Waals surface area contributed by atoms with E-state index in [1.54, 1.807) is 0 Å². The fourth-order valence-electron chi connectivity index (χ4n) is 5.67. The van der Waals surface area contributed by atoms with Crippen molar-refractivity contribution in [3.63, 3.8) is 0 Å². The van der Waals surface area contributed by atoms with Crippen molar-refractivity contribution in [1.82, 2.24) is 9.55 Å². The van der Waals surface area contributed by atoms with Crippen LogP contribution < -0.4 is 0 Å². The van der Waals surface area contributed by atoms with Gasteiger partial charge in [0, 0.05) is 33.8 Å². The van der Waals surface area contributed by atoms with E-state index >= 15 is 0 Å². The van der Waals surface area contributed by atoms with Crippen LogP contribution in [0.5, 0.6) is 0 Å². The molecule has 0 aliphatic heterocycles. The van der Waals surface area contributed by atoms with Gasteiger partial charge in [0.05, 0.1) is 16.4 Å². The summed E-state index contributed by atoms with van der Waals surface area (Å²) in [5.41, 5.74) is 8.87. The quantitative estimate of drug-likeness (QED) is 0.254. The third kappa shape index (κ3) is 2.87. The van der Waals surface area contributed by atoms with Gasteiger partial charge in [0.2, 0.25) is 0 Å². The van der Waals surface area contributed by atoms with Crippen LogP contribution in [0.2, 0.25) is 0 Å². The highest BCUT2D eigenvalue weighted by molar-refractivity contribution is 6.25. The summed E-state index contributed by atoms with van der Waals surface area (Å²) in [5, 5.41) is 4.30. The maximum atomic E-state index is 6.46. The van der Waals surface area contributed by atoms with Crippen LogP contribution in [-0.4, -0.2) is 9.55 Å². The smallest absolute Gasteiger partial charge is 0.147 e. The molecule has 4 heteroatoms. The first-order valence-electron chi connectivity index (χ1n) is 12.6. The Kier molecular flexibility index (Phi) is 4.17. The highest BCUT2D eigenvalue weighted by atomic mass is 16.3. The molecule has 0 amide bonds. The Balaban J connectivity index is 1.39. The van der Waals surface area contributed by atoms with Gasteiger partial charge in [0.15, 0.2) is 0 Å². The van der Waals surface area contributed by atoms with E-state index in [1.807, 2.05) is 36.4 Å². The molecule has 0 aliphatic carbocycles. The number of hydrogen-bond donors (Lipinski definition) is 0. The predicted octanol–water partition coefficient (Wildman–Crippen LogP) is 9.05. The Hall–Kier alpha value is -4.83. The van der Waals surface area contributed by atoms with Crippen LogP contribution >= 0.6 is 0 Å². The van der Waals surface area contributed by atoms with Crippen molar-refractivity contribution < 1.29 is 8.83 Å². The van der Waals surface area contributed by atoms with Crippen LogP contribution in [0, 0.1) is 0 Å². The van der Waals surface area contributed by atoms with Crippen molar-refractivity contribution in [3.8, 4) is 16.8 Å². The van der Waals surface area contributed by atoms with E-state index in [1.165, 1.54) is 0 Å². The SMILES string of the molecule is CCc1nc2ccccc2n1-c1ccc(-c2cc3c4ccccc4oc3c3c2oc2ccccc23)cc1. The molecule has 37 heavy (non-hydrogen) atoms. The first kappa shape index (κ1) is 20.4. The van der Waals surface area contributed by atoms with E-state index in [4.69, 9.17) is 13.8 Å². The molecule has 0 spiro atoms. The number of para-hydroxylation sites is 4. The number of imidazole rings is 1. The Morgan fingerprint density at radius 3 is 2.16 bits per heavy atom. The molecule has 0 aliphatic rings. The van der Waals surface area contributed by atoms with Crippen molar-refractivity contribution in [3.05, 3.63) is 109 Å². The van der Waals surface area contributed by atoms with E-state index in [2.05, 4.69) is 78.2 Å².